The Morgan fingerprint density at radius 3 is 1.40 bits per heavy atom. The lowest BCUT2D eigenvalue weighted by Gasteiger charge is -2.09. The predicted octanol–water partition coefficient (Wildman–Crippen LogP) is 8.79. The van der Waals surface area contributed by atoms with Crippen molar-refractivity contribution in [3.63, 3.8) is 0 Å². The highest BCUT2D eigenvalue weighted by atomic mass is 16.3. The smallest absolute Gasteiger partial charge is 0.475 e. The number of rotatable bonds is 7. The summed E-state index contributed by atoms with van der Waals surface area (Å²) < 4.78 is 7.98. The van der Waals surface area contributed by atoms with Crippen LogP contribution in [0.4, 0.5) is 11.4 Å². The van der Waals surface area contributed by atoms with Crippen LogP contribution < -0.4 is 4.57 Å². The van der Waals surface area contributed by atoms with Crippen molar-refractivity contribution in [2.75, 3.05) is 0 Å². The molecule has 4 aromatic carbocycles. The number of amides is 1. The van der Waals surface area contributed by atoms with Gasteiger partial charge in [-0.25, -0.2) is 4.79 Å². The fraction of sp³-hybridized carbons (Fsp3) is 0.318. The fourth-order valence-corrected chi connectivity index (χ4v) is 8.58. The molecule has 2 heterocycles. The highest BCUT2D eigenvalue weighted by Crippen LogP contribution is 2.33. The molecule has 256 valence electrons. The summed E-state index contributed by atoms with van der Waals surface area (Å²) in [6.07, 6.45) is 4.87. The Labute approximate surface area is 297 Å². The van der Waals surface area contributed by atoms with Crippen molar-refractivity contribution in [1.29, 1.82) is 0 Å². The van der Waals surface area contributed by atoms with Crippen LogP contribution in [0.2, 0.25) is 0 Å². The molecule has 0 fully saturated rings. The van der Waals surface area contributed by atoms with Crippen LogP contribution in [0.25, 0.3) is 11.4 Å². The number of hydrogen-bond acceptors (Lipinski definition) is 2. The molecule has 0 saturated carbocycles. The first-order chi connectivity index (χ1) is 23.6. The lowest BCUT2D eigenvalue weighted by molar-refractivity contribution is -0.603. The van der Waals surface area contributed by atoms with E-state index in [1.807, 2.05) is 21.8 Å². The van der Waals surface area contributed by atoms with Gasteiger partial charge >= 0.3 is 23.8 Å². The van der Waals surface area contributed by atoms with Gasteiger partial charge in [0.15, 0.2) is 5.69 Å². The third-order valence-electron chi connectivity index (χ3n) is 10.1. The molecular formula is C44H51N4O2+3. The highest BCUT2D eigenvalue weighted by molar-refractivity contribution is 6.36. The second kappa shape index (κ2) is 13.0. The van der Waals surface area contributed by atoms with Crippen LogP contribution in [0.15, 0.2) is 54.9 Å². The average Bonchev–Trinajstić information content (AvgIpc) is 3.45. The number of aromatic hydroxyl groups is 1. The number of aromatic nitrogens is 2. The number of carbonyl (C=O) groups is 1. The molecule has 1 N–H and O–H groups in total. The van der Waals surface area contributed by atoms with Crippen molar-refractivity contribution in [2.24, 2.45) is 0 Å². The Bertz CT molecular complexity index is 2220. The molecule has 0 spiro atoms. The van der Waals surface area contributed by atoms with Crippen LogP contribution in [0.1, 0.15) is 78.9 Å². The molecule has 1 amide bonds. The van der Waals surface area contributed by atoms with Gasteiger partial charge in [0, 0.05) is 28.7 Å². The Balaban J connectivity index is 1.54. The largest absolute Gasteiger partial charge is 0.490 e. The molecule has 1 aliphatic heterocycles. The Hall–Kier alpha value is -5.10. The monoisotopic (exact) mass is 667 g/mol. The lowest BCUT2D eigenvalue weighted by Crippen LogP contribution is -2.31. The minimum Gasteiger partial charge on any atom is -0.475 e. The molecule has 0 bridgehead atoms. The van der Waals surface area contributed by atoms with Gasteiger partial charge in [-0.05, 0) is 130 Å². The van der Waals surface area contributed by atoms with E-state index in [1.54, 1.807) is 0 Å². The second-order valence-corrected chi connectivity index (χ2v) is 14.7. The summed E-state index contributed by atoms with van der Waals surface area (Å²) in [6, 6.07) is 17.3. The van der Waals surface area contributed by atoms with E-state index in [4.69, 9.17) is 0 Å². The van der Waals surface area contributed by atoms with E-state index in [1.165, 1.54) is 22.3 Å². The van der Waals surface area contributed by atoms with Gasteiger partial charge in [-0.1, -0.05) is 55.7 Å². The summed E-state index contributed by atoms with van der Waals surface area (Å²) >= 11 is 0. The first-order valence-corrected chi connectivity index (χ1v) is 17.6. The molecule has 50 heavy (non-hydrogen) atoms. The molecule has 0 atom stereocenters. The van der Waals surface area contributed by atoms with Gasteiger partial charge in [0.2, 0.25) is 11.4 Å². The molecule has 5 aromatic rings. The van der Waals surface area contributed by atoms with Gasteiger partial charge in [0.1, 0.15) is 11.4 Å². The molecule has 6 nitrogen and oxygen atoms in total. The molecular weight excluding hydrogens is 617 g/mol. The van der Waals surface area contributed by atoms with Gasteiger partial charge in [0.25, 0.3) is 6.33 Å². The minimum absolute atomic E-state index is 0.0437. The van der Waals surface area contributed by atoms with E-state index >= 15 is 0 Å². The summed E-state index contributed by atoms with van der Waals surface area (Å²) in [4.78, 5) is 14.7. The Morgan fingerprint density at radius 2 is 0.940 bits per heavy atom. The Kier molecular flexibility index (Phi) is 9.02. The van der Waals surface area contributed by atoms with E-state index in [0.29, 0.717) is 18.6 Å². The zero-order valence-electron chi connectivity index (χ0n) is 31.8. The molecule has 1 aliphatic rings. The lowest BCUT2D eigenvalue weighted by atomic mass is 10.0. The normalized spacial score (nSPS) is 13.1. The SMILES string of the molecule is Cc1cc(C)c(-n2c[n+](-c3c(C)cc(C)cc3C)c(O)c2CCC2=[N+](c3c(C)cc(C)cc3C)C=[N+](c3c(C)cc(C)cc3C)C2=O)c(C)c1. The molecule has 6 heteroatoms. The maximum absolute atomic E-state index is 14.7. The van der Waals surface area contributed by atoms with E-state index in [0.717, 1.165) is 73.0 Å². The van der Waals surface area contributed by atoms with Gasteiger partial charge in [-0.3, -0.25) is 0 Å². The highest BCUT2D eigenvalue weighted by Gasteiger charge is 2.46. The summed E-state index contributed by atoms with van der Waals surface area (Å²) in [5.74, 6) is 0.142. The zero-order valence-corrected chi connectivity index (χ0v) is 31.8. The topological polar surface area (TPSA) is 52.1 Å². The minimum atomic E-state index is -0.0437. The van der Waals surface area contributed by atoms with Gasteiger partial charge in [-0.2, -0.15) is 9.13 Å². The predicted molar refractivity (Wildman–Crippen MR) is 203 cm³/mol. The zero-order chi connectivity index (χ0) is 36.3. The van der Waals surface area contributed by atoms with Crippen LogP contribution >= 0.6 is 0 Å². The van der Waals surface area contributed by atoms with E-state index in [-0.39, 0.29) is 11.8 Å². The summed E-state index contributed by atoms with van der Waals surface area (Å²) in [5.41, 5.74) is 18.9. The second-order valence-electron chi connectivity index (χ2n) is 14.7. The maximum Gasteiger partial charge on any atom is 0.490 e. The van der Waals surface area contributed by atoms with Gasteiger partial charge in [-0.15, -0.1) is 0 Å². The average molecular weight is 668 g/mol. The van der Waals surface area contributed by atoms with Gasteiger partial charge < -0.3 is 5.11 Å². The molecule has 1 aromatic heterocycles. The van der Waals surface area contributed by atoms with Crippen molar-refractivity contribution in [3.05, 3.63) is 127 Å². The van der Waals surface area contributed by atoms with E-state index < -0.39 is 0 Å². The Morgan fingerprint density at radius 1 is 0.540 bits per heavy atom. The number of benzene rings is 4. The number of nitrogens with zero attached hydrogens (tertiary/aromatic N) is 4. The van der Waals surface area contributed by atoms with Crippen molar-refractivity contribution >= 4 is 29.3 Å². The van der Waals surface area contributed by atoms with Crippen LogP contribution in [0.5, 0.6) is 5.88 Å². The quantitative estimate of drug-likeness (QED) is 0.177. The van der Waals surface area contributed by atoms with E-state index in [9.17, 15) is 9.90 Å². The first-order valence-electron chi connectivity index (χ1n) is 17.6. The third-order valence-corrected chi connectivity index (χ3v) is 10.1. The van der Waals surface area contributed by atoms with Crippen molar-refractivity contribution in [3.8, 4) is 17.3 Å². The molecule has 0 saturated heterocycles. The van der Waals surface area contributed by atoms with Crippen LogP contribution in [0.3, 0.4) is 0 Å². The third kappa shape index (κ3) is 6.01. The van der Waals surface area contributed by atoms with Crippen molar-refractivity contribution in [2.45, 2.75) is 95.9 Å². The summed E-state index contributed by atoms with van der Waals surface area (Å²) in [5, 5.41) is 12.2. The van der Waals surface area contributed by atoms with Crippen molar-refractivity contribution in [1.82, 2.24) is 4.57 Å². The van der Waals surface area contributed by atoms with E-state index in [2.05, 4.69) is 141 Å². The van der Waals surface area contributed by atoms with Crippen LogP contribution in [-0.2, 0) is 11.2 Å². The summed E-state index contributed by atoms with van der Waals surface area (Å²) in [6.45, 7) is 25.2. The van der Waals surface area contributed by atoms with Crippen LogP contribution in [0, 0.1) is 83.1 Å². The first kappa shape index (κ1) is 34.8. The molecule has 0 unspecified atom stereocenters. The summed E-state index contributed by atoms with van der Waals surface area (Å²) in [7, 11) is 0. The number of imidazole rings is 1. The number of aryl methyl sites for hydroxylation is 12. The molecule has 0 aliphatic carbocycles. The van der Waals surface area contributed by atoms with Crippen molar-refractivity contribution < 1.29 is 23.6 Å². The van der Waals surface area contributed by atoms with Crippen LogP contribution in [-0.4, -0.2) is 36.8 Å². The van der Waals surface area contributed by atoms with Gasteiger partial charge in [0.05, 0.1) is 6.42 Å². The maximum atomic E-state index is 14.7. The number of carbonyl (C=O) groups excluding carboxylic acids is 1. The molecule has 6 rings (SSSR count). The fourth-order valence-electron chi connectivity index (χ4n) is 8.58. The molecule has 0 radical (unpaired) electrons. The number of hydrogen-bond donors (Lipinski definition) is 1. The standard InChI is InChI=1S/C44H50N4O2/c1-25-15-29(5)39(30(6)16-25)45-23-47(41-33(9)19-27(3)20-34(41)10)43(49)37(45)13-14-38-44(50)48(42-35(11)21-28(4)22-36(42)12)24-46(38)40-31(7)17-26(2)18-32(40)8/h15-24H,13-14H2,1-12H3/q+2/p+1.